The number of hydrogen-bond donors (Lipinski definition) is 0. The summed E-state index contributed by atoms with van der Waals surface area (Å²) in [7, 11) is 0. The molecule has 2 aliphatic rings. The fourth-order valence-corrected chi connectivity index (χ4v) is 5.11. The van der Waals surface area contributed by atoms with E-state index in [0.717, 1.165) is 17.7 Å². The van der Waals surface area contributed by atoms with E-state index in [2.05, 4.69) is 27.2 Å². The molecule has 10 nitrogen and oxygen atoms in total. The van der Waals surface area contributed by atoms with Gasteiger partial charge >= 0.3 is 6.16 Å². The Morgan fingerprint density at radius 2 is 2.00 bits per heavy atom. The lowest BCUT2D eigenvalue weighted by Gasteiger charge is -2.16. The van der Waals surface area contributed by atoms with Crippen molar-refractivity contribution >= 4 is 40.7 Å². The molecule has 4 atom stereocenters. The molecule has 1 saturated heterocycles. The minimum absolute atomic E-state index is 0.243. The first-order valence-corrected chi connectivity index (χ1v) is 12.5. The molecule has 0 radical (unpaired) electrons. The van der Waals surface area contributed by atoms with Gasteiger partial charge in [-0.1, -0.05) is 65.8 Å². The highest BCUT2D eigenvalue weighted by Gasteiger charge is 2.55. The van der Waals surface area contributed by atoms with Crippen molar-refractivity contribution in [3.05, 3.63) is 41.0 Å². The molecule has 3 heterocycles. The first-order chi connectivity index (χ1) is 16.6. The average molecular weight is 506 g/mol. The maximum atomic E-state index is 11.9. The Morgan fingerprint density at radius 3 is 2.82 bits per heavy atom. The Balaban J connectivity index is 1.27. The number of rotatable bonds is 10. The summed E-state index contributed by atoms with van der Waals surface area (Å²) < 4.78 is 24.3. The largest absolute Gasteiger partial charge is 0.509 e. The van der Waals surface area contributed by atoms with E-state index in [1.54, 1.807) is 4.68 Å². The second kappa shape index (κ2) is 10.4. The number of nitrogens with zero attached hydrogens (tertiary/aromatic N) is 5. The van der Waals surface area contributed by atoms with Gasteiger partial charge in [0, 0.05) is 12.2 Å². The minimum atomic E-state index is -0.718. The van der Waals surface area contributed by atoms with Crippen LogP contribution in [0.25, 0.3) is 11.2 Å². The number of halogens is 1. The van der Waals surface area contributed by atoms with Crippen LogP contribution in [0.3, 0.4) is 0 Å². The summed E-state index contributed by atoms with van der Waals surface area (Å²) in [5, 5.41) is 9.23. The van der Waals surface area contributed by atoms with Crippen LogP contribution in [-0.4, -0.2) is 68.4 Å². The zero-order valence-electron chi connectivity index (χ0n) is 18.5. The van der Waals surface area contributed by atoms with Gasteiger partial charge in [0.2, 0.25) is 0 Å². The summed E-state index contributed by atoms with van der Waals surface area (Å²) in [5.41, 5.74) is 2.00. The summed E-state index contributed by atoms with van der Waals surface area (Å²) in [6.07, 6.45) is -0.698. The molecule has 0 unspecified atom stereocenters. The van der Waals surface area contributed by atoms with E-state index in [-0.39, 0.29) is 17.3 Å². The maximum absolute atomic E-state index is 11.9. The van der Waals surface area contributed by atoms with Gasteiger partial charge < -0.3 is 18.9 Å². The maximum Gasteiger partial charge on any atom is 0.509 e. The van der Waals surface area contributed by atoms with Gasteiger partial charge in [0.15, 0.2) is 33.7 Å². The van der Waals surface area contributed by atoms with Gasteiger partial charge in [0.25, 0.3) is 0 Å². The van der Waals surface area contributed by atoms with Crippen molar-refractivity contribution in [3.63, 3.8) is 0 Å². The molecule has 3 aromatic rings. The van der Waals surface area contributed by atoms with Crippen molar-refractivity contribution in [1.82, 2.24) is 25.0 Å². The standard InChI is InChI=1S/C22H24ClN5O5S/c1-2-10-34-21-24-19(23)16-20(25-21)28(27-26-16)14-11-15(18-17(14)32-22(29)33-18)31-9-8-30-12-13-6-4-3-5-7-13/h3-7,14-15,17-18H,2,8-12H2,1H3/t14-,15+,17+,18-/m1/s1. The molecule has 1 saturated carbocycles. The van der Waals surface area contributed by atoms with Crippen LogP contribution in [-0.2, 0) is 25.6 Å². The third kappa shape index (κ3) is 4.83. The van der Waals surface area contributed by atoms with Crippen molar-refractivity contribution < 1.29 is 23.7 Å². The normalized spacial score (nSPS) is 23.8. The molecular weight excluding hydrogens is 482 g/mol. The van der Waals surface area contributed by atoms with E-state index in [9.17, 15) is 4.79 Å². The van der Waals surface area contributed by atoms with Crippen LogP contribution in [0.15, 0.2) is 35.5 Å². The monoisotopic (exact) mass is 505 g/mol. The van der Waals surface area contributed by atoms with Crippen LogP contribution in [0.2, 0.25) is 5.15 Å². The number of thioether (sulfide) groups is 1. The molecule has 1 aliphatic carbocycles. The second-order valence-electron chi connectivity index (χ2n) is 8.02. The predicted octanol–water partition coefficient (Wildman–Crippen LogP) is 3.83. The van der Waals surface area contributed by atoms with Gasteiger partial charge in [-0.2, -0.15) is 0 Å². The molecule has 1 aromatic carbocycles. The molecule has 1 aliphatic heterocycles. The SMILES string of the molecule is CCCSc1nc(Cl)c2nnn([C@@H]3C[C@H](OCCOCc4ccccc4)[C@H]4OC(=O)O[C@H]43)c2n1. The third-order valence-corrected chi connectivity index (χ3v) is 7.01. The Morgan fingerprint density at radius 1 is 1.18 bits per heavy atom. The number of benzene rings is 1. The molecule has 0 N–H and O–H groups in total. The lowest BCUT2D eigenvalue weighted by Crippen LogP contribution is -2.31. The first kappa shape index (κ1) is 23.3. The highest BCUT2D eigenvalue weighted by atomic mass is 35.5. The average Bonchev–Trinajstić information content (AvgIpc) is 3.52. The van der Waals surface area contributed by atoms with E-state index in [1.807, 2.05) is 30.3 Å². The highest BCUT2D eigenvalue weighted by Crippen LogP contribution is 2.41. The fraction of sp³-hybridized carbons (Fsp3) is 0.500. The molecule has 0 spiro atoms. The van der Waals surface area contributed by atoms with Crippen molar-refractivity contribution in [2.24, 2.45) is 0 Å². The summed E-state index contributed by atoms with van der Waals surface area (Å²) in [4.78, 5) is 20.8. The minimum Gasteiger partial charge on any atom is -0.425 e. The molecule has 180 valence electrons. The number of carbonyl (C=O) groups excluding carboxylic acids is 1. The van der Waals surface area contributed by atoms with Crippen molar-refractivity contribution in [2.75, 3.05) is 19.0 Å². The topological polar surface area (TPSA) is 110 Å². The van der Waals surface area contributed by atoms with E-state index < -0.39 is 18.4 Å². The Bertz CT molecular complexity index is 1150. The number of ether oxygens (including phenoxy) is 4. The Hall–Kier alpha value is -2.47. The van der Waals surface area contributed by atoms with Crippen LogP contribution in [0, 0.1) is 0 Å². The molecular formula is C22H24ClN5O5S. The third-order valence-electron chi connectivity index (χ3n) is 5.69. The smallest absolute Gasteiger partial charge is 0.425 e. The van der Waals surface area contributed by atoms with E-state index in [4.69, 9.17) is 30.5 Å². The van der Waals surface area contributed by atoms with Crippen molar-refractivity contribution in [1.29, 1.82) is 0 Å². The number of hydrogen-bond acceptors (Lipinski definition) is 10. The summed E-state index contributed by atoms with van der Waals surface area (Å²) in [6.45, 7) is 3.36. The van der Waals surface area contributed by atoms with Crippen molar-refractivity contribution in [3.8, 4) is 0 Å². The zero-order chi connectivity index (χ0) is 23.5. The lowest BCUT2D eigenvalue weighted by molar-refractivity contribution is -0.0407. The van der Waals surface area contributed by atoms with E-state index in [0.29, 0.717) is 42.6 Å². The van der Waals surface area contributed by atoms with Crippen LogP contribution in [0.5, 0.6) is 0 Å². The van der Waals surface area contributed by atoms with E-state index in [1.165, 1.54) is 11.8 Å². The molecule has 12 heteroatoms. The predicted molar refractivity (Wildman–Crippen MR) is 124 cm³/mol. The van der Waals surface area contributed by atoms with Gasteiger partial charge in [0.1, 0.15) is 6.10 Å². The van der Waals surface area contributed by atoms with E-state index >= 15 is 0 Å². The number of carbonyl (C=O) groups is 1. The number of aromatic nitrogens is 5. The molecule has 0 bridgehead atoms. The van der Waals surface area contributed by atoms with Crippen LogP contribution in [0.4, 0.5) is 4.79 Å². The lowest BCUT2D eigenvalue weighted by atomic mass is 10.2. The van der Waals surface area contributed by atoms with Crippen molar-refractivity contribution in [2.45, 2.75) is 55.9 Å². The molecule has 0 amide bonds. The van der Waals surface area contributed by atoms with Gasteiger partial charge in [-0.3, -0.25) is 0 Å². The highest BCUT2D eigenvalue weighted by molar-refractivity contribution is 7.99. The van der Waals surface area contributed by atoms with Gasteiger partial charge in [-0.15, -0.1) is 5.10 Å². The second-order valence-corrected chi connectivity index (χ2v) is 9.44. The summed E-state index contributed by atoms with van der Waals surface area (Å²) >= 11 is 7.85. The fourth-order valence-electron chi connectivity index (χ4n) is 4.16. The quantitative estimate of drug-likeness (QED) is 0.132. The summed E-state index contributed by atoms with van der Waals surface area (Å²) in [5.74, 6) is 0.866. The van der Waals surface area contributed by atoms with Gasteiger partial charge in [0.05, 0.1) is 25.9 Å². The van der Waals surface area contributed by atoms with Gasteiger partial charge in [-0.05, 0) is 12.0 Å². The summed E-state index contributed by atoms with van der Waals surface area (Å²) in [6, 6.07) is 9.57. The molecule has 2 fully saturated rings. The van der Waals surface area contributed by atoms with Gasteiger partial charge in [-0.25, -0.2) is 19.4 Å². The number of fused-ring (bicyclic) bond motifs is 2. The molecule has 34 heavy (non-hydrogen) atoms. The van der Waals surface area contributed by atoms with Crippen LogP contribution < -0.4 is 0 Å². The molecule has 2 aromatic heterocycles. The van der Waals surface area contributed by atoms with Crippen LogP contribution >= 0.6 is 23.4 Å². The first-order valence-electron chi connectivity index (χ1n) is 11.2. The Kier molecular flexibility index (Phi) is 7.14. The van der Waals surface area contributed by atoms with Crippen LogP contribution in [0.1, 0.15) is 31.4 Å². The zero-order valence-corrected chi connectivity index (χ0v) is 20.1. The molecule has 5 rings (SSSR count). The Labute approximate surface area is 205 Å².